The van der Waals surface area contributed by atoms with Gasteiger partial charge in [-0.05, 0) is 32.9 Å². The number of rotatable bonds is 3. The summed E-state index contributed by atoms with van der Waals surface area (Å²) in [5, 5.41) is 2.34. The molecular formula is C13H24N2O3. The Morgan fingerprint density at radius 2 is 1.78 bits per heavy atom. The van der Waals surface area contributed by atoms with E-state index in [9.17, 15) is 9.70 Å². The van der Waals surface area contributed by atoms with Crippen molar-refractivity contribution in [3.05, 3.63) is 4.91 Å². The topological polar surface area (TPSA) is 59.0 Å². The fourth-order valence-electron chi connectivity index (χ4n) is 2.65. The minimum absolute atomic E-state index is 0.107. The van der Waals surface area contributed by atoms with Gasteiger partial charge in [-0.25, -0.2) is 4.79 Å². The monoisotopic (exact) mass is 256 g/mol. The third-order valence-corrected chi connectivity index (χ3v) is 3.56. The zero-order valence-corrected chi connectivity index (χ0v) is 11.8. The first-order valence-electron chi connectivity index (χ1n) is 6.64. The zero-order valence-electron chi connectivity index (χ0n) is 11.8. The van der Waals surface area contributed by atoms with Crippen LogP contribution in [0.1, 0.15) is 47.0 Å². The largest absolute Gasteiger partial charge is 0.470 e. The van der Waals surface area contributed by atoms with Gasteiger partial charge in [-0.15, -0.1) is 4.91 Å². The molecule has 0 aromatic carbocycles. The lowest BCUT2D eigenvalue weighted by atomic mass is 9.84. The van der Waals surface area contributed by atoms with E-state index in [2.05, 4.69) is 17.0 Å². The molecule has 2 atom stereocenters. The number of hydrogen-bond donors (Lipinski definition) is 0. The molecule has 1 amide bonds. The van der Waals surface area contributed by atoms with Crippen molar-refractivity contribution in [2.24, 2.45) is 10.6 Å². The van der Waals surface area contributed by atoms with E-state index >= 15 is 0 Å². The van der Waals surface area contributed by atoms with Gasteiger partial charge in [0.15, 0.2) is 0 Å². The SMILES string of the molecule is CC(C(OC(=O)N=O)C(C)(C)C)N1CCCCC1. The van der Waals surface area contributed by atoms with Crippen molar-refractivity contribution < 1.29 is 9.53 Å². The number of nitroso groups, excluding NO2 is 1. The molecule has 0 aliphatic carbocycles. The van der Waals surface area contributed by atoms with Gasteiger partial charge in [0, 0.05) is 11.5 Å². The Balaban J connectivity index is 2.74. The molecule has 0 N–H and O–H groups in total. The van der Waals surface area contributed by atoms with E-state index in [4.69, 9.17) is 4.74 Å². The highest BCUT2D eigenvalue weighted by atomic mass is 16.6. The highest BCUT2D eigenvalue weighted by Gasteiger charge is 2.36. The Kier molecular flexibility index (Phi) is 5.26. The minimum Gasteiger partial charge on any atom is -0.440 e. The summed E-state index contributed by atoms with van der Waals surface area (Å²) in [7, 11) is 0. The lowest BCUT2D eigenvalue weighted by Crippen LogP contribution is -2.50. The number of nitrogens with zero attached hydrogens (tertiary/aromatic N) is 2. The van der Waals surface area contributed by atoms with Crippen LogP contribution in [0, 0.1) is 10.3 Å². The lowest BCUT2D eigenvalue weighted by Gasteiger charge is -2.41. The molecule has 1 aliphatic heterocycles. The number of carbonyl (C=O) groups is 1. The maximum absolute atomic E-state index is 11.1. The fraction of sp³-hybridized carbons (Fsp3) is 0.923. The van der Waals surface area contributed by atoms with E-state index < -0.39 is 6.09 Å². The molecule has 0 radical (unpaired) electrons. The normalized spacial score (nSPS) is 21.1. The van der Waals surface area contributed by atoms with Gasteiger partial charge in [-0.1, -0.05) is 27.2 Å². The summed E-state index contributed by atoms with van der Waals surface area (Å²) in [4.78, 5) is 23.7. The highest BCUT2D eigenvalue weighted by Crippen LogP contribution is 2.29. The number of carbonyl (C=O) groups excluding carboxylic acids is 1. The molecule has 1 aliphatic rings. The third kappa shape index (κ3) is 4.05. The molecular weight excluding hydrogens is 232 g/mol. The van der Waals surface area contributed by atoms with E-state index in [0.29, 0.717) is 0 Å². The standard InChI is InChI=1S/C13H24N2O3/c1-10(15-8-6-5-7-9-15)11(13(2,3)4)18-12(16)14-17/h10-11H,5-9H2,1-4H3. The fourth-order valence-corrected chi connectivity index (χ4v) is 2.65. The summed E-state index contributed by atoms with van der Waals surface area (Å²) in [6, 6.07) is 0.107. The number of amides is 1. The van der Waals surface area contributed by atoms with Crippen LogP contribution in [0.4, 0.5) is 4.79 Å². The maximum Gasteiger partial charge on any atom is 0.470 e. The molecule has 1 rings (SSSR count). The van der Waals surface area contributed by atoms with Crippen LogP contribution in [0.25, 0.3) is 0 Å². The highest BCUT2D eigenvalue weighted by molar-refractivity contribution is 5.68. The van der Waals surface area contributed by atoms with Gasteiger partial charge in [0.2, 0.25) is 0 Å². The molecule has 5 nitrogen and oxygen atoms in total. The first kappa shape index (κ1) is 15.1. The quantitative estimate of drug-likeness (QED) is 0.728. The van der Waals surface area contributed by atoms with Crippen molar-refractivity contribution in [1.82, 2.24) is 4.90 Å². The van der Waals surface area contributed by atoms with Gasteiger partial charge in [0.05, 0.1) is 5.18 Å². The molecule has 1 saturated heterocycles. The zero-order chi connectivity index (χ0) is 13.8. The molecule has 0 bridgehead atoms. The second-order valence-corrected chi connectivity index (χ2v) is 6.10. The molecule has 1 fully saturated rings. The first-order chi connectivity index (χ1) is 8.36. The summed E-state index contributed by atoms with van der Waals surface area (Å²) in [6.07, 6.45) is 2.29. The van der Waals surface area contributed by atoms with Crippen LogP contribution in [0.5, 0.6) is 0 Å². The Morgan fingerprint density at radius 3 is 2.22 bits per heavy atom. The van der Waals surface area contributed by atoms with E-state index in [1.54, 1.807) is 0 Å². The van der Waals surface area contributed by atoms with Crippen LogP contribution >= 0.6 is 0 Å². The molecule has 18 heavy (non-hydrogen) atoms. The van der Waals surface area contributed by atoms with E-state index in [1.807, 2.05) is 20.8 Å². The van der Waals surface area contributed by atoms with Crippen LogP contribution in [-0.2, 0) is 4.74 Å². The average molecular weight is 256 g/mol. The van der Waals surface area contributed by atoms with Gasteiger partial charge in [-0.2, -0.15) is 0 Å². The number of hydrogen-bond acceptors (Lipinski definition) is 4. The van der Waals surface area contributed by atoms with Crippen molar-refractivity contribution in [3.63, 3.8) is 0 Å². The van der Waals surface area contributed by atoms with E-state index in [-0.39, 0.29) is 17.6 Å². The minimum atomic E-state index is -1.02. The number of ether oxygens (including phenoxy) is 1. The molecule has 1 heterocycles. The summed E-state index contributed by atoms with van der Waals surface area (Å²) < 4.78 is 5.22. The molecule has 5 heteroatoms. The van der Waals surface area contributed by atoms with Gasteiger partial charge < -0.3 is 4.74 Å². The van der Waals surface area contributed by atoms with E-state index in [1.165, 1.54) is 19.3 Å². The Labute approximate surface area is 109 Å². The predicted molar refractivity (Wildman–Crippen MR) is 70.4 cm³/mol. The maximum atomic E-state index is 11.1. The van der Waals surface area contributed by atoms with Crippen LogP contribution in [-0.4, -0.2) is 36.2 Å². The van der Waals surface area contributed by atoms with Crippen molar-refractivity contribution in [1.29, 1.82) is 0 Å². The molecule has 0 aromatic heterocycles. The van der Waals surface area contributed by atoms with Crippen LogP contribution in [0.15, 0.2) is 5.18 Å². The summed E-state index contributed by atoms with van der Waals surface area (Å²) in [6.45, 7) is 10.1. The van der Waals surface area contributed by atoms with Gasteiger partial charge in [0.25, 0.3) is 0 Å². The molecule has 0 saturated carbocycles. The smallest absolute Gasteiger partial charge is 0.440 e. The molecule has 104 valence electrons. The van der Waals surface area contributed by atoms with Crippen molar-refractivity contribution >= 4 is 6.09 Å². The van der Waals surface area contributed by atoms with E-state index in [0.717, 1.165) is 13.1 Å². The third-order valence-electron chi connectivity index (χ3n) is 3.56. The van der Waals surface area contributed by atoms with Gasteiger partial charge >= 0.3 is 6.09 Å². The van der Waals surface area contributed by atoms with Crippen LogP contribution in [0.3, 0.4) is 0 Å². The Morgan fingerprint density at radius 1 is 1.22 bits per heavy atom. The number of likely N-dealkylation sites (tertiary alicyclic amines) is 1. The summed E-state index contributed by atoms with van der Waals surface area (Å²) in [5.41, 5.74) is -0.211. The molecule has 2 unspecified atom stereocenters. The van der Waals surface area contributed by atoms with Crippen molar-refractivity contribution in [3.8, 4) is 0 Å². The van der Waals surface area contributed by atoms with Gasteiger partial charge in [0.1, 0.15) is 6.10 Å². The van der Waals surface area contributed by atoms with Crippen molar-refractivity contribution in [2.45, 2.75) is 59.1 Å². The Bertz CT molecular complexity index is 293. The van der Waals surface area contributed by atoms with Gasteiger partial charge in [-0.3, -0.25) is 4.90 Å². The summed E-state index contributed by atoms with van der Waals surface area (Å²) >= 11 is 0. The second-order valence-electron chi connectivity index (χ2n) is 6.10. The second kappa shape index (κ2) is 6.27. The molecule has 0 aromatic rings. The first-order valence-corrected chi connectivity index (χ1v) is 6.64. The summed E-state index contributed by atoms with van der Waals surface area (Å²) in [5.74, 6) is 0. The lowest BCUT2D eigenvalue weighted by molar-refractivity contribution is -0.0271. The predicted octanol–water partition coefficient (Wildman–Crippen LogP) is 3.18. The van der Waals surface area contributed by atoms with Crippen molar-refractivity contribution in [2.75, 3.05) is 13.1 Å². The number of piperidine rings is 1. The van der Waals surface area contributed by atoms with Crippen LogP contribution < -0.4 is 0 Å². The Hall–Kier alpha value is -0.970. The molecule has 0 spiro atoms. The van der Waals surface area contributed by atoms with Crippen LogP contribution in [0.2, 0.25) is 0 Å². The average Bonchev–Trinajstić information content (AvgIpc) is 2.34.